The molecular formula is C18H14ClN3O4S. The third-order valence-corrected chi connectivity index (χ3v) is 5.15. The Labute approximate surface area is 163 Å². The zero-order valence-corrected chi connectivity index (χ0v) is 15.6. The summed E-state index contributed by atoms with van der Waals surface area (Å²) in [6.07, 6.45) is 0.681. The number of aryl methyl sites for hydroxylation is 1. The number of para-hydroxylation sites is 1. The van der Waals surface area contributed by atoms with Gasteiger partial charge in [0.15, 0.2) is 16.7 Å². The molecule has 4 rings (SSSR count). The molecule has 7 nitrogen and oxygen atoms in total. The molecule has 1 unspecified atom stereocenters. The number of aromatic amines is 2. The number of H-pyrrole nitrogens is 2. The lowest BCUT2D eigenvalue weighted by Gasteiger charge is -2.24. The Kier molecular flexibility index (Phi) is 4.26. The Morgan fingerprint density at radius 1 is 1.41 bits per heavy atom. The van der Waals surface area contributed by atoms with Crippen molar-refractivity contribution in [1.29, 1.82) is 0 Å². The number of ether oxygens (including phenoxy) is 1. The van der Waals surface area contributed by atoms with Crippen LogP contribution in [-0.2, 0) is 11.3 Å². The smallest absolute Gasteiger partial charge is 0.257 e. The molecular weight excluding hydrogens is 390 g/mol. The highest BCUT2D eigenvalue weighted by atomic mass is 35.5. The summed E-state index contributed by atoms with van der Waals surface area (Å²) in [5.41, 5.74) is 1.11. The second-order valence-electron chi connectivity index (χ2n) is 6.16. The standard InChI is InChI=1S/C18H14ClN3O4S/c1-8-14(23)12-9(6-20-8)7-26-15(12)13-16(24)21-18(27)22(17(13)25)11-5-3-2-4-10(11)19/h2-6,15,23,25H,7H2,1H3,(H,21,24,27). The molecule has 1 aliphatic heterocycles. The molecule has 0 saturated carbocycles. The third-order valence-electron chi connectivity index (χ3n) is 4.54. The Morgan fingerprint density at radius 2 is 2.15 bits per heavy atom. The van der Waals surface area contributed by atoms with Crippen LogP contribution < -0.4 is 15.6 Å². The van der Waals surface area contributed by atoms with Crippen molar-refractivity contribution in [3.63, 3.8) is 0 Å². The highest BCUT2D eigenvalue weighted by molar-refractivity contribution is 7.71. The first kappa shape index (κ1) is 17.7. The quantitative estimate of drug-likeness (QED) is 0.637. The predicted octanol–water partition coefficient (Wildman–Crippen LogP) is 2.07. The SMILES string of the molecule is Cc1[nH+]cc2c(c1O)C(c1c([O-])n(-c3ccccc3Cl)c(=S)[nH]c1=O)OC2. The first-order valence-electron chi connectivity index (χ1n) is 8.06. The lowest BCUT2D eigenvalue weighted by atomic mass is 10.00. The van der Waals surface area contributed by atoms with Gasteiger partial charge in [-0.25, -0.2) is 4.98 Å². The van der Waals surface area contributed by atoms with E-state index in [-0.39, 0.29) is 22.7 Å². The topological polar surface area (TPSA) is 104 Å². The van der Waals surface area contributed by atoms with Crippen LogP contribution in [0.2, 0.25) is 5.02 Å². The Balaban J connectivity index is 1.99. The fourth-order valence-corrected chi connectivity index (χ4v) is 3.70. The molecule has 138 valence electrons. The molecule has 0 aliphatic carbocycles. The minimum atomic E-state index is -1.01. The van der Waals surface area contributed by atoms with E-state index in [2.05, 4.69) is 9.97 Å². The van der Waals surface area contributed by atoms with Gasteiger partial charge in [0.2, 0.25) is 5.69 Å². The van der Waals surface area contributed by atoms with Gasteiger partial charge in [-0.1, -0.05) is 23.7 Å². The molecule has 3 heterocycles. The van der Waals surface area contributed by atoms with Gasteiger partial charge in [-0.2, -0.15) is 0 Å². The maximum atomic E-state index is 13.2. The maximum Gasteiger partial charge on any atom is 0.257 e. The van der Waals surface area contributed by atoms with Crippen molar-refractivity contribution in [2.45, 2.75) is 19.6 Å². The molecule has 3 N–H and O–H groups in total. The Morgan fingerprint density at radius 3 is 2.89 bits per heavy atom. The van der Waals surface area contributed by atoms with Crippen LogP contribution in [0.5, 0.6) is 11.6 Å². The maximum absolute atomic E-state index is 13.2. The molecule has 1 aromatic carbocycles. The molecule has 1 atom stereocenters. The zero-order chi connectivity index (χ0) is 19.3. The number of halogens is 1. The first-order chi connectivity index (χ1) is 12.9. The first-order valence-corrected chi connectivity index (χ1v) is 8.84. The van der Waals surface area contributed by atoms with E-state index >= 15 is 0 Å². The summed E-state index contributed by atoms with van der Waals surface area (Å²) in [5.74, 6) is -0.680. The summed E-state index contributed by atoms with van der Waals surface area (Å²) in [5, 5.41) is 24.0. The van der Waals surface area contributed by atoms with E-state index in [1.54, 1.807) is 37.4 Å². The van der Waals surface area contributed by atoms with Gasteiger partial charge in [0.05, 0.1) is 28.4 Å². The molecule has 3 aromatic rings. The summed E-state index contributed by atoms with van der Waals surface area (Å²) in [6, 6.07) is 6.68. The fourth-order valence-electron chi connectivity index (χ4n) is 3.20. The van der Waals surface area contributed by atoms with Crippen LogP contribution in [0.4, 0.5) is 0 Å². The minimum absolute atomic E-state index is 0.0412. The second kappa shape index (κ2) is 6.49. The largest absolute Gasteiger partial charge is 0.859 e. The van der Waals surface area contributed by atoms with Crippen LogP contribution in [0.25, 0.3) is 5.69 Å². The molecule has 0 fully saturated rings. The summed E-state index contributed by atoms with van der Waals surface area (Å²) >= 11 is 11.4. The van der Waals surface area contributed by atoms with E-state index in [1.165, 1.54) is 0 Å². The van der Waals surface area contributed by atoms with Crippen LogP contribution in [0.3, 0.4) is 0 Å². The van der Waals surface area contributed by atoms with Gasteiger partial charge in [0.1, 0.15) is 6.10 Å². The second-order valence-corrected chi connectivity index (χ2v) is 6.95. The van der Waals surface area contributed by atoms with Crippen molar-refractivity contribution >= 4 is 23.8 Å². The Hall–Kier alpha value is -2.68. The van der Waals surface area contributed by atoms with Gasteiger partial charge in [-0.05, 0) is 30.2 Å². The molecule has 0 radical (unpaired) electrons. The third kappa shape index (κ3) is 2.73. The van der Waals surface area contributed by atoms with Gasteiger partial charge in [0, 0.05) is 12.5 Å². The number of fused-ring (bicyclic) bond motifs is 1. The number of nitrogens with one attached hydrogen (secondary N) is 2. The number of hydrogen-bond acceptors (Lipinski definition) is 5. The number of nitrogens with zero attached hydrogens (tertiary/aromatic N) is 1. The normalized spacial score (nSPS) is 15.7. The number of pyridine rings is 1. The van der Waals surface area contributed by atoms with Crippen molar-refractivity contribution in [2.75, 3.05) is 0 Å². The molecule has 0 amide bonds. The van der Waals surface area contributed by atoms with E-state index < -0.39 is 17.5 Å². The van der Waals surface area contributed by atoms with Crippen molar-refractivity contribution in [3.05, 3.63) is 73.0 Å². The summed E-state index contributed by atoms with van der Waals surface area (Å²) in [6.45, 7) is 1.84. The van der Waals surface area contributed by atoms with Gasteiger partial charge < -0.3 is 14.9 Å². The molecule has 0 bridgehead atoms. The molecule has 2 aromatic heterocycles. The van der Waals surface area contributed by atoms with Crippen LogP contribution in [-0.4, -0.2) is 14.7 Å². The molecule has 0 spiro atoms. The summed E-state index contributed by atoms with van der Waals surface area (Å²) in [4.78, 5) is 18.0. The van der Waals surface area contributed by atoms with E-state index in [0.717, 1.165) is 4.57 Å². The van der Waals surface area contributed by atoms with Gasteiger partial charge in [-0.15, -0.1) is 0 Å². The van der Waals surface area contributed by atoms with E-state index in [9.17, 15) is 15.0 Å². The van der Waals surface area contributed by atoms with E-state index in [0.29, 0.717) is 27.5 Å². The van der Waals surface area contributed by atoms with Crippen molar-refractivity contribution in [2.24, 2.45) is 0 Å². The van der Waals surface area contributed by atoms with Gasteiger partial charge >= 0.3 is 0 Å². The number of aromatic hydroxyl groups is 1. The monoisotopic (exact) mass is 403 g/mol. The number of rotatable bonds is 2. The van der Waals surface area contributed by atoms with E-state index in [4.69, 9.17) is 28.6 Å². The van der Waals surface area contributed by atoms with Crippen molar-refractivity contribution in [3.8, 4) is 17.3 Å². The molecule has 9 heteroatoms. The number of benzene rings is 1. The number of hydrogen-bond donors (Lipinski definition) is 2. The fraction of sp³-hybridized carbons (Fsp3) is 0.167. The average Bonchev–Trinajstić information content (AvgIpc) is 3.04. The van der Waals surface area contributed by atoms with E-state index in [1.807, 2.05) is 0 Å². The van der Waals surface area contributed by atoms with Crippen LogP contribution in [0.15, 0.2) is 35.3 Å². The minimum Gasteiger partial charge on any atom is -0.859 e. The number of aromatic nitrogens is 3. The predicted molar refractivity (Wildman–Crippen MR) is 97.7 cm³/mol. The van der Waals surface area contributed by atoms with Crippen LogP contribution in [0, 0.1) is 11.7 Å². The van der Waals surface area contributed by atoms with Gasteiger partial charge in [0.25, 0.3) is 5.56 Å². The van der Waals surface area contributed by atoms with Gasteiger partial charge in [-0.3, -0.25) is 14.3 Å². The highest BCUT2D eigenvalue weighted by Gasteiger charge is 2.34. The molecule has 1 aliphatic rings. The Bertz CT molecular complexity index is 1190. The average molecular weight is 404 g/mol. The molecule has 27 heavy (non-hydrogen) atoms. The van der Waals surface area contributed by atoms with Crippen LogP contribution >= 0.6 is 23.8 Å². The summed E-state index contributed by atoms with van der Waals surface area (Å²) in [7, 11) is 0. The van der Waals surface area contributed by atoms with Crippen LogP contribution in [0.1, 0.15) is 28.5 Å². The highest BCUT2D eigenvalue weighted by Crippen LogP contribution is 2.42. The lowest BCUT2D eigenvalue weighted by molar-refractivity contribution is -0.389. The lowest BCUT2D eigenvalue weighted by Crippen LogP contribution is -2.25. The zero-order valence-electron chi connectivity index (χ0n) is 14.1. The summed E-state index contributed by atoms with van der Waals surface area (Å²) < 4.78 is 6.78. The van der Waals surface area contributed by atoms with Crippen molar-refractivity contribution < 1.29 is 19.9 Å². The molecule has 0 saturated heterocycles. The van der Waals surface area contributed by atoms with Crippen molar-refractivity contribution in [1.82, 2.24) is 9.55 Å².